The highest BCUT2D eigenvalue weighted by atomic mass is 35.5. The quantitative estimate of drug-likeness (QED) is 0.788. The molecule has 0 heterocycles. The number of halogens is 1. The SMILES string of the molecule is COc1ccccc1-c1ccc(C2=C(C(=O)O)CCC2)cc1Cl.NC=O. The third-order valence-corrected chi connectivity index (χ3v) is 4.50. The van der Waals surface area contributed by atoms with Gasteiger partial charge >= 0.3 is 5.97 Å². The maximum atomic E-state index is 11.3. The van der Waals surface area contributed by atoms with Crippen LogP contribution in [-0.2, 0) is 9.59 Å². The van der Waals surface area contributed by atoms with E-state index in [9.17, 15) is 9.90 Å². The van der Waals surface area contributed by atoms with E-state index >= 15 is 0 Å². The minimum atomic E-state index is -0.831. The van der Waals surface area contributed by atoms with Crippen LogP contribution >= 0.6 is 11.6 Å². The standard InChI is InChI=1S/C19H17ClO3.CH3NO/c1-23-18-8-3-2-5-15(18)14-10-9-12(11-17(14)20)13-6-4-7-16(13)19(21)22;2-1-3/h2-3,5,8-11H,4,6-7H2,1H3,(H,21,22);1H,(H2,2,3). The zero-order chi connectivity index (χ0) is 19.1. The van der Waals surface area contributed by atoms with Crippen LogP contribution < -0.4 is 10.5 Å². The van der Waals surface area contributed by atoms with E-state index < -0.39 is 5.97 Å². The van der Waals surface area contributed by atoms with Crippen molar-refractivity contribution in [2.45, 2.75) is 19.3 Å². The Morgan fingerprint density at radius 1 is 1.19 bits per heavy atom. The predicted octanol–water partition coefficient (Wildman–Crippen LogP) is 4.14. The number of hydrogen-bond acceptors (Lipinski definition) is 3. The van der Waals surface area contributed by atoms with Crippen molar-refractivity contribution in [3.05, 3.63) is 58.6 Å². The number of carboxylic acids is 1. The smallest absolute Gasteiger partial charge is 0.331 e. The Hall–Kier alpha value is -2.79. The van der Waals surface area contributed by atoms with Crippen LogP contribution in [0.1, 0.15) is 24.8 Å². The van der Waals surface area contributed by atoms with E-state index in [1.54, 1.807) is 7.11 Å². The first-order chi connectivity index (χ1) is 12.5. The van der Waals surface area contributed by atoms with E-state index in [4.69, 9.17) is 21.1 Å². The van der Waals surface area contributed by atoms with Gasteiger partial charge in [-0.2, -0.15) is 0 Å². The molecule has 3 N–H and O–H groups in total. The van der Waals surface area contributed by atoms with Crippen LogP contribution in [-0.4, -0.2) is 24.6 Å². The first-order valence-corrected chi connectivity index (χ1v) is 8.45. The second-order valence-electron chi connectivity index (χ2n) is 5.65. The van der Waals surface area contributed by atoms with E-state index in [1.807, 2.05) is 42.5 Å². The van der Waals surface area contributed by atoms with E-state index in [-0.39, 0.29) is 6.41 Å². The van der Waals surface area contributed by atoms with Gasteiger partial charge in [0.15, 0.2) is 0 Å². The molecule has 0 unspecified atom stereocenters. The highest BCUT2D eigenvalue weighted by Crippen LogP contribution is 2.39. The molecule has 0 spiro atoms. The number of carbonyl (C=O) groups is 2. The van der Waals surface area contributed by atoms with Gasteiger partial charge in [0.05, 0.1) is 7.11 Å². The summed E-state index contributed by atoms with van der Waals surface area (Å²) in [6.07, 6.45) is 2.53. The number of allylic oxidation sites excluding steroid dienone is 1. The summed E-state index contributed by atoms with van der Waals surface area (Å²) in [5.41, 5.74) is 8.26. The number of carbonyl (C=O) groups excluding carboxylic acids is 1. The molecule has 0 aromatic heterocycles. The van der Waals surface area contributed by atoms with Gasteiger partial charge in [0.25, 0.3) is 0 Å². The number of hydrogen-bond donors (Lipinski definition) is 2. The number of rotatable bonds is 4. The van der Waals surface area contributed by atoms with Crippen LogP contribution in [0.2, 0.25) is 5.02 Å². The van der Waals surface area contributed by atoms with Gasteiger partial charge in [-0.25, -0.2) is 4.79 Å². The summed E-state index contributed by atoms with van der Waals surface area (Å²) in [5, 5.41) is 9.90. The minimum absolute atomic E-state index is 0.250. The molecule has 0 bridgehead atoms. The fourth-order valence-corrected chi connectivity index (χ4v) is 3.37. The summed E-state index contributed by atoms with van der Waals surface area (Å²) in [5.74, 6) is -0.0733. The number of methoxy groups -OCH3 is 1. The third kappa shape index (κ3) is 4.24. The molecule has 136 valence electrons. The highest BCUT2D eigenvalue weighted by Gasteiger charge is 2.22. The van der Waals surface area contributed by atoms with Gasteiger partial charge in [-0.1, -0.05) is 41.9 Å². The highest BCUT2D eigenvalue weighted by molar-refractivity contribution is 6.33. The molecule has 1 aliphatic carbocycles. The molecule has 0 saturated carbocycles. The number of carboxylic acid groups (broad SMARTS) is 1. The zero-order valence-corrected chi connectivity index (χ0v) is 15.1. The van der Waals surface area contributed by atoms with Gasteiger partial charge in [-0.15, -0.1) is 0 Å². The lowest BCUT2D eigenvalue weighted by atomic mass is 9.97. The summed E-state index contributed by atoms with van der Waals surface area (Å²) < 4.78 is 5.39. The average Bonchev–Trinajstić information content (AvgIpc) is 3.12. The Morgan fingerprint density at radius 3 is 2.50 bits per heavy atom. The van der Waals surface area contributed by atoms with Crippen molar-refractivity contribution in [1.29, 1.82) is 0 Å². The van der Waals surface area contributed by atoms with Crippen molar-refractivity contribution in [1.82, 2.24) is 0 Å². The molecule has 2 aromatic rings. The average molecular weight is 374 g/mol. The van der Waals surface area contributed by atoms with Gasteiger partial charge in [0, 0.05) is 21.7 Å². The molecular weight excluding hydrogens is 354 g/mol. The lowest BCUT2D eigenvalue weighted by Crippen LogP contribution is -1.99. The number of aliphatic carboxylic acids is 1. The van der Waals surface area contributed by atoms with Crippen molar-refractivity contribution < 1.29 is 19.4 Å². The summed E-state index contributed by atoms with van der Waals surface area (Å²) in [4.78, 5) is 19.9. The second-order valence-corrected chi connectivity index (χ2v) is 6.05. The molecule has 0 fully saturated rings. The Labute approximate surface area is 157 Å². The first kappa shape index (κ1) is 19.5. The molecule has 1 aliphatic rings. The molecule has 1 amide bonds. The molecule has 26 heavy (non-hydrogen) atoms. The maximum absolute atomic E-state index is 11.3. The minimum Gasteiger partial charge on any atom is -0.496 e. The van der Waals surface area contributed by atoms with E-state index in [2.05, 4.69) is 5.73 Å². The van der Waals surface area contributed by atoms with Crippen molar-refractivity contribution in [2.24, 2.45) is 5.73 Å². The fourth-order valence-electron chi connectivity index (χ4n) is 3.09. The normalized spacial score (nSPS) is 13.0. The topological polar surface area (TPSA) is 89.6 Å². The van der Waals surface area contributed by atoms with Crippen LogP contribution in [0.4, 0.5) is 0 Å². The monoisotopic (exact) mass is 373 g/mol. The summed E-state index contributed by atoms with van der Waals surface area (Å²) >= 11 is 6.47. The van der Waals surface area contributed by atoms with Crippen molar-refractivity contribution in [2.75, 3.05) is 7.11 Å². The number of ether oxygens (including phenoxy) is 1. The van der Waals surface area contributed by atoms with Crippen LogP contribution in [0.15, 0.2) is 48.0 Å². The van der Waals surface area contributed by atoms with E-state index in [0.29, 0.717) is 17.0 Å². The number of para-hydroxylation sites is 1. The number of amides is 1. The number of benzene rings is 2. The molecule has 3 rings (SSSR count). The first-order valence-electron chi connectivity index (χ1n) is 8.07. The number of nitrogens with two attached hydrogens (primary N) is 1. The van der Waals surface area contributed by atoms with Crippen molar-refractivity contribution in [3.8, 4) is 16.9 Å². The van der Waals surface area contributed by atoms with Crippen LogP contribution in [0.25, 0.3) is 16.7 Å². The summed E-state index contributed by atoms with van der Waals surface area (Å²) in [6, 6.07) is 13.4. The summed E-state index contributed by atoms with van der Waals surface area (Å²) in [6.45, 7) is 0. The fraction of sp³-hybridized carbons (Fsp3) is 0.200. The van der Waals surface area contributed by atoms with Gasteiger partial charge < -0.3 is 15.6 Å². The largest absolute Gasteiger partial charge is 0.496 e. The van der Waals surface area contributed by atoms with Crippen molar-refractivity contribution >= 4 is 29.6 Å². The second kappa shape index (κ2) is 9.06. The Bertz CT molecular complexity index is 845. The maximum Gasteiger partial charge on any atom is 0.331 e. The Kier molecular flexibility index (Phi) is 6.81. The van der Waals surface area contributed by atoms with Gasteiger partial charge in [-0.3, -0.25) is 4.79 Å². The van der Waals surface area contributed by atoms with Gasteiger partial charge in [-0.05, 0) is 42.5 Å². The van der Waals surface area contributed by atoms with Crippen molar-refractivity contribution in [3.63, 3.8) is 0 Å². The van der Waals surface area contributed by atoms with Gasteiger partial charge in [0.2, 0.25) is 6.41 Å². The van der Waals surface area contributed by atoms with E-state index in [1.165, 1.54) is 0 Å². The van der Waals surface area contributed by atoms with Crippen LogP contribution in [0.3, 0.4) is 0 Å². The zero-order valence-electron chi connectivity index (χ0n) is 14.4. The molecule has 0 aliphatic heterocycles. The number of primary amides is 1. The molecular formula is C20H20ClNO4. The lowest BCUT2D eigenvalue weighted by Gasteiger charge is -2.12. The lowest BCUT2D eigenvalue weighted by molar-refractivity contribution is -0.132. The molecule has 0 atom stereocenters. The third-order valence-electron chi connectivity index (χ3n) is 4.19. The molecule has 0 saturated heterocycles. The van der Waals surface area contributed by atoms with E-state index in [0.717, 1.165) is 40.9 Å². The van der Waals surface area contributed by atoms with Gasteiger partial charge in [0.1, 0.15) is 5.75 Å². The predicted molar refractivity (Wildman–Crippen MR) is 102 cm³/mol. The molecule has 0 radical (unpaired) electrons. The van der Waals surface area contributed by atoms with Crippen LogP contribution in [0.5, 0.6) is 5.75 Å². The summed E-state index contributed by atoms with van der Waals surface area (Å²) in [7, 11) is 1.63. The molecule has 6 heteroatoms. The Balaban J connectivity index is 0.000000758. The molecule has 5 nitrogen and oxygen atoms in total. The van der Waals surface area contributed by atoms with Crippen LogP contribution in [0, 0.1) is 0 Å². The Morgan fingerprint density at radius 2 is 1.88 bits per heavy atom. The molecule has 2 aromatic carbocycles.